The summed E-state index contributed by atoms with van der Waals surface area (Å²) in [7, 11) is 0. The van der Waals surface area contributed by atoms with Crippen molar-refractivity contribution in [1.82, 2.24) is 4.98 Å². The number of benzene rings is 1. The number of hydrogen-bond acceptors (Lipinski definition) is 5. The van der Waals surface area contributed by atoms with Gasteiger partial charge < -0.3 is 10.5 Å². The fraction of sp³-hybridized carbons (Fsp3) is 0.167. The van der Waals surface area contributed by atoms with E-state index in [0.717, 1.165) is 10.6 Å². The van der Waals surface area contributed by atoms with Gasteiger partial charge in [0.2, 0.25) is 0 Å². The van der Waals surface area contributed by atoms with Gasteiger partial charge in [0.1, 0.15) is 9.88 Å². The average Bonchev–Trinajstić information content (AvgIpc) is 2.80. The summed E-state index contributed by atoms with van der Waals surface area (Å²) < 4.78 is 4.91. The Morgan fingerprint density at radius 2 is 2.12 bits per heavy atom. The molecule has 1 heterocycles. The maximum Gasteiger partial charge on any atom is 0.349 e. The van der Waals surface area contributed by atoms with Crippen LogP contribution in [0.4, 0.5) is 5.69 Å². The van der Waals surface area contributed by atoms with Crippen molar-refractivity contribution in [3.8, 4) is 10.6 Å². The summed E-state index contributed by atoms with van der Waals surface area (Å²) in [5.41, 5.74) is 7.26. The molecule has 0 bridgehead atoms. The highest BCUT2D eigenvalue weighted by Crippen LogP contribution is 2.26. The number of carbonyl (C=O) groups is 1. The van der Waals surface area contributed by atoms with Crippen LogP contribution in [0.2, 0.25) is 0 Å². The van der Waals surface area contributed by atoms with E-state index >= 15 is 0 Å². The second-order valence-corrected chi connectivity index (χ2v) is 4.40. The van der Waals surface area contributed by atoms with Gasteiger partial charge in [-0.05, 0) is 31.2 Å². The molecule has 2 rings (SSSR count). The Labute approximate surface area is 103 Å². The summed E-state index contributed by atoms with van der Waals surface area (Å²) in [6, 6.07) is 7.37. The Balaban J connectivity index is 2.23. The Hall–Kier alpha value is -1.88. The van der Waals surface area contributed by atoms with Crippen molar-refractivity contribution in [3.05, 3.63) is 35.3 Å². The third-order valence-corrected chi connectivity index (χ3v) is 3.17. The summed E-state index contributed by atoms with van der Waals surface area (Å²) in [6.07, 6.45) is 1.54. The number of aromatic nitrogens is 1. The molecule has 0 aliphatic carbocycles. The highest BCUT2D eigenvalue weighted by atomic mass is 32.1. The highest BCUT2D eigenvalue weighted by Gasteiger charge is 2.12. The molecule has 17 heavy (non-hydrogen) atoms. The molecule has 0 aliphatic rings. The third kappa shape index (κ3) is 2.62. The van der Waals surface area contributed by atoms with Gasteiger partial charge in [-0.1, -0.05) is 0 Å². The topological polar surface area (TPSA) is 65.2 Å². The lowest BCUT2D eigenvalue weighted by molar-refractivity contribution is 0.0532. The van der Waals surface area contributed by atoms with Crippen LogP contribution in [0.15, 0.2) is 30.5 Å². The van der Waals surface area contributed by atoms with Gasteiger partial charge >= 0.3 is 5.97 Å². The fourth-order valence-corrected chi connectivity index (χ4v) is 2.15. The molecule has 5 heteroatoms. The number of esters is 1. The quantitative estimate of drug-likeness (QED) is 0.669. The predicted molar refractivity (Wildman–Crippen MR) is 67.9 cm³/mol. The minimum absolute atomic E-state index is 0.327. The van der Waals surface area contributed by atoms with Crippen LogP contribution in [0.25, 0.3) is 10.6 Å². The molecule has 0 unspecified atom stereocenters. The SMILES string of the molecule is CCOC(=O)c1cnc(-c2ccc(N)cc2)s1. The van der Waals surface area contributed by atoms with Crippen LogP contribution in [0, 0.1) is 0 Å². The zero-order valence-electron chi connectivity index (χ0n) is 9.34. The molecule has 4 nitrogen and oxygen atoms in total. The van der Waals surface area contributed by atoms with E-state index in [1.165, 1.54) is 17.5 Å². The lowest BCUT2D eigenvalue weighted by Gasteiger charge is -1.97. The first-order valence-corrected chi connectivity index (χ1v) is 6.01. The molecule has 0 spiro atoms. The van der Waals surface area contributed by atoms with E-state index in [9.17, 15) is 4.79 Å². The van der Waals surface area contributed by atoms with Gasteiger partial charge in [-0.2, -0.15) is 0 Å². The minimum Gasteiger partial charge on any atom is -0.462 e. The number of carbonyl (C=O) groups excluding carboxylic acids is 1. The Morgan fingerprint density at radius 1 is 1.41 bits per heavy atom. The van der Waals surface area contributed by atoms with Crippen LogP contribution in [0.3, 0.4) is 0 Å². The molecular weight excluding hydrogens is 236 g/mol. The van der Waals surface area contributed by atoms with E-state index in [1.54, 1.807) is 19.1 Å². The molecule has 1 aromatic heterocycles. The number of rotatable bonds is 3. The van der Waals surface area contributed by atoms with Crippen molar-refractivity contribution in [2.75, 3.05) is 12.3 Å². The molecule has 0 radical (unpaired) electrons. The van der Waals surface area contributed by atoms with Crippen molar-refractivity contribution in [2.24, 2.45) is 0 Å². The monoisotopic (exact) mass is 248 g/mol. The lowest BCUT2D eigenvalue weighted by Crippen LogP contribution is -2.01. The normalized spacial score (nSPS) is 10.2. The minimum atomic E-state index is -0.327. The molecule has 0 amide bonds. The molecule has 88 valence electrons. The molecule has 2 aromatic rings. The summed E-state index contributed by atoms with van der Waals surface area (Å²) in [5.74, 6) is -0.327. The number of nitrogens with two attached hydrogens (primary N) is 1. The van der Waals surface area contributed by atoms with Gasteiger partial charge in [-0.3, -0.25) is 0 Å². The van der Waals surface area contributed by atoms with E-state index in [-0.39, 0.29) is 5.97 Å². The largest absolute Gasteiger partial charge is 0.462 e. The van der Waals surface area contributed by atoms with E-state index in [0.29, 0.717) is 17.2 Å². The Morgan fingerprint density at radius 3 is 2.76 bits per heavy atom. The summed E-state index contributed by atoms with van der Waals surface area (Å²) >= 11 is 1.31. The van der Waals surface area contributed by atoms with Gasteiger partial charge in [-0.15, -0.1) is 11.3 Å². The molecule has 2 N–H and O–H groups in total. The number of nitrogens with zero attached hydrogens (tertiary/aromatic N) is 1. The molecule has 0 atom stereocenters. The van der Waals surface area contributed by atoms with Crippen molar-refractivity contribution in [2.45, 2.75) is 6.92 Å². The van der Waals surface area contributed by atoms with Gasteiger partial charge in [0, 0.05) is 11.3 Å². The predicted octanol–water partition coefficient (Wildman–Crippen LogP) is 2.57. The molecule has 0 saturated heterocycles. The smallest absolute Gasteiger partial charge is 0.349 e. The van der Waals surface area contributed by atoms with Crippen molar-refractivity contribution in [3.63, 3.8) is 0 Å². The van der Waals surface area contributed by atoms with Crippen molar-refractivity contribution >= 4 is 23.0 Å². The van der Waals surface area contributed by atoms with Crippen molar-refractivity contribution in [1.29, 1.82) is 0 Å². The number of nitrogen functional groups attached to an aromatic ring is 1. The standard InChI is InChI=1S/C12H12N2O2S/c1-2-16-12(15)10-7-14-11(17-10)8-3-5-9(13)6-4-8/h3-7H,2,13H2,1H3. The molecule has 0 saturated carbocycles. The van der Waals surface area contributed by atoms with Crippen LogP contribution >= 0.6 is 11.3 Å². The average molecular weight is 248 g/mol. The number of ether oxygens (including phenoxy) is 1. The highest BCUT2D eigenvalue weighted by molar-refractivity contribution is 7.16. The van der Waals surface area contributed by atoms with Crippen LogP contribution in [0.1, 0.15) is 16.6 Å². The summed E-state index contributed by atoms with van der Waals surface area (Å²) in [6.45, 7) is 2.15. The fourth-order valence-electron chi connectivity index (χ4n) is 1.33. The number of anilines is 1. The second-order valence-electron chi connectivity index (χ2n) is 3.37. The van der Waals surface area contributed by atoms with E-state index in [2.05, 4.69) is 4.98 Å². The third-order valence-electron chi connectivity index (χ3n) is 2.14. The first kappa shape index (κ1) is 11.6. The molecular formula is C12H12N2O2S. The van der Waals surface area contributed by atoms with Crippen LogP contribution in [0.5, 0.6) is 0 Å². The lowest BCUT2D eigenvalue weighted by atomic mass is 10.2. The molecule has 1 aromatic carbocycles. The zero-order valence-corrected chi connectivity index (χ0v) is 10.2. The molecule has 0 aliphatic heterocycles. The summed E-state index contributed by atoms with van der Waals surface area (Å²) in [4.78, 5) is 16.2. The summed E-state index contributed by atoms with van der Waals surface area (Å²) in [5, 5.41) is 0.785. The zero-order chi connectivity index (χ0) is 12.3. The van der Waals surface area contributed by atoms with Gasteiger partial charge in [0.15, 0.2) is 0 Å². The van der Waals surface area contributed by atoms with Gasteiger partial charge in [0.25, 0.3) is 0 Å². The number of thiazole rings is 1. The molecule has 0 fully saturated rings. The van der Waals surface area contributed by atoms with Gasteiger partial charge in [0.05, 0.1) is 12.8 Å². The van der Waals surface area contributed by atoms with Crippen LogP contribution in [-0.4, -0.2) is 17.6 Å². The first-order chi connectivity index (χ1) is 8.20. The van der Waals surface area contributed by atoms with Crippen LogP contribution in [-0.2, 0) is 4.74 Å². The van der Waals surface area contributed by atoms with Crippen molar-refractivity contribution < 1.29 is 9.53 Å². The van der Waals surface area contributed by atoms with E-state index in [1.807, 2.05) is 12.1 Å². The van der Waals surface area contributed by atoms with E-state index < -0.39 is 0 Å². The number of hydrogen-bond donors (Lipinski definition) is 1. The Bertz CT molecular complexity index is 520. The maximum atomic E-state index is 11.5. The van der Waals surface area contributed by atoms with Gasteiger partial charge in [-0.25, -0.2) is 9.78 Å². The van der Waals surface area contributed by atoms with E-state index in [4.69, 9.17) is 10.5 Å². The second kappa shape index (κ2) is 4.97. The first-order valence-electron chi connectivity index (χ1n) is 5.19. The Kier molecular flexibility index (Phi) is 3.39. The van der Waals surface area contributed by atoms with Crippen LogP contribution < -0.4 is 5.73 Å². The maximum absolute atomic E-state index is 11.5.